The van der Waals surface area contributed by atoms with Crippen LogP contribution in [0.5, 0.6) is 0 Å². The molecule has 1 rings (SSSR count). The summed E-state index contributed by atoms with van der Waals surface area (Å²) in [5.41, 5.74) is 0. The normalized spacial score (nSPS) is 27.4. The summed E-state index contributed by atoms with van der Waals surface area (Å²) in [4.78, 5) is 0. The van der Waals surface area contributed by atoms with E-state index in [9.17, 15) is 8.42 Å². The molecule has 1 unspecified atom stereocenters. The molecule has 16 heavy (non-hydrogen) atoms. The molecule has 1 saturated carbocycles. The van der Waals surface area contributed by atoms with Gasteiger partial charge >= 0.3 is 0 Å². The quantitative estimate of drug-likeness (QED) is 0.671. The standard InChI is InChI=1S/C10H22N2O3S/c1-4-11-7-8(2)16(13,14)12-9-5-10(6-9)15-3/h8-12H,4-7H2,1-3H3. The van der Waals surface area contributed by atoms with Gasteiger partial charge in [-0.3, -0.25) is 0 Å². The van der Waals surface area contributed by atoms with Crippen LogP contribution in [0.1, 0.15) is 26.7 Å². The number of sulfonamides is 1. The van der Waals surface area contributed by atoms with Gasteiger partial charge < -0.3 is 10.1 Å². The van der Waals surface area contributed by atoms with Gasteiger partial charge in [0, 0.05) is 19.7 Å². The lowest BCUT2D eigenvalue weighted by Gasteiger charge is -2.35. The van der Waals surface area contributed by atoms with E-state index in [1.807, 2.05) is 6.92 Å². The minimum Gasteiger partial charge on any atom is -0.381 e. The maximum absolute atomic E-state index is 11.8. The van der Waals surface area contributed by atoms with E-state index in [0.717, 1.165) is 19.4 Å². The van der Waals surface area contributed by atoms with E-state index < -0.39 is 15.3 Å². The third-order valence-corrected chi connectivity index (χ3v) is 4.86. The van der Waals surface area contributed by atoms with Crippen molar-refractivity contribution in [3.8, 4) is 0 Å². The molecule has 2 N–H and O–H groups in total. The lowest BCUT2D eigenvalue weighted by molar-refractivity contribution is 0.0235. The van der Waals surface area contributed by atoms with Crippen molar-refractivity contribution in [1.29, 1.82) is 0 Å². The van der Waals surface area contributed by atoms with E-state index in [1.54, 1.807) is 14.0 Å². The van der Waals surface area contributed by atoms with E-state index >= 15 is 0 Å². The van der Waals surface area contributed by atoms with Gasteiger partial charge in [0.1, 0.15) is 0 Å². The molecule has 1 aliphatic rings. The average molecular weight is 250 g/mol. The third kappa shape index (κ3) is 3.69. The first-order valence-corrected chi connectivity index (χ1v) is 7.28. The lowest BCUT2D eigenvalue weighted by atomic mass is 9.90. The molecule has 0 amide bonds. The summed E-state index contributed by atoms with van der Waals surface area (Å²) in [5, 5.41) is 2.65. The highest BCUT2D eigenvalue weighted by molar-refractivity contribution is 7.90. The topological polar surface area (TPSA) is 67.4 Å². The zero-order valence-electron chi connectivity index (χ0n) is 10.2. The molecule has 0 aromatic heterocycles. The van der Waals surface area contributed by atoms with Crippen molar-refractivity contribution >= 4 is 10.0 Å². The fourth-order valence-electron chi connectivity index (χ4n) is 1.66. The average Bonchev–Trinajstić information content (AvgIpc) is 2.19. The molecule has 0 aromatic carbocycles. The van der Waals surface area contributed by atoms with Crippen molar-refractivity contribution in [2.24, 2.45) is 0 Å². The Labute approximate surface area is 98.0 Å². The van der Waals surface area contributed by atoms with Crippen LogP contribution in [-0.4, -0.2) is 46.0 Å². The third-order valence-electron chi connectivity index (χ3n) is 2.97. The van der Waals surface area contributed by atoms with E-state index in [-0.39, 0.29) is 12.1 Å². The molecular weight excluding hydrogens is 228 g/mol. The highest BCUT2D eigenvalue weighted by Gasteiger charge is 2.33. The van der Waals surface area contributed by atoms with Crippen LogP contribution in [-0.2, 0) is 14.8 Å². The monoisotopic (exact) mass is 250 g/mol. The van der Waals surface area contributed by atoms with Crippen molar-refractivity contribution in [3.05, 3.63) is 0 Å². The van der Waals surface area contributed by atoms with Crippen LogP contribution < -0.4 is 10.0 Å². The smallest absolute Gasteiger partial charge is 0.215 e. The highest BCUT2D eigenvalue weighted by atomic mass is 32.2. The van der Waals surface area contributed by atoms with Crippen LogP contribution in [0.15, 0.2) is 0 Å². The summed E-state index contributed by atoms with van der Waals surface area (Å²) in [6.45, 7) is 4.96. The number of rotatable bonds is 7. The van der Waals surface area contributed by atoms with Gasteiger partial charge in [-0.25, -0.2) is 13.1 Å². The number of hydrogen-bond acceptors (Lipinski definition) is 4. The Hall–Kier alpha value is -0.170. The molecular formula is C10H22N2O3S. The summed E-state index contributed by atoms with van der Waals surface area (Å²) in [6.07, 6.45) is 1.78. The number of nitrogens with one attached hydrogen (secondary N) is 2. The Morgan fingerprint density at radius 2 is 2.06 bits per heavy atom. The predicted octanol–water partition coefficient (Wildman–Crippen LogP) is 0.0812. The van der Waals surface area contributed by atoms with E-state index in [2.05, 4.69) is 10.0 Å². The number of ether oxygens (including phenoxy) is 1. The van der Waals surface area contributed by atoms with Crippen LogP contribution in [0.3, 0.4) is 0 Å². The van der Waals surface area contributed by atoms with Crippen LogP contribution >= 0.6 is 0 Å². The Morgan fingerprint density at radius 1 is 1.44 bits per heavy atom. The molecule has 0 bridgehead atoms. The molecule has 1 aliphatic carbocycles. The second kappa shape index (κ2) is 5.95. The van der Waals surface area contributed by atoms with Crippen LogP contribution in [0.4, 0.5) is 0 Å². The molecule has 5 nitrogen and oxygen atoms in total. The molecule has 96 valence electrons. The van der Waals surface area contributed by atoms with Crippen LogP contribution in [0.2, 0.25) is 0 Å². The first-order valence-electron chi connectivity index (χ1n) is 5.74. The van der Waals surface area contributed by atoms with Crippen LogP contribution in [0.25, 0.3) is 0 Å². The van der Waals surface area contributed by atoms with Gasteiger partial charge in [0.05, 0.1) is 11.4 Å². The molecule has 0 radical (unpaired) electrons. The lowest BCUT2D eigenvalue weighted by Crippen LogP contribution is -2.50. The van der Waals surface area contributed by atoms with Gasteiger partial charge in [-0.2, -0.15) is 0 Å². The van der Waals surface area contributed by atoms with Crippen molar-refractivity contribution in [1.82, 2.24) is 10.0 Å². The Balaban J connectivity index is 2.34. The number of methoxy groups -OCH3 is 1. The minimum atomic E-state index is -3.19. The molecule has 1 fully saturated rings. The second-order valence-corrected chi connectivity index (χ2v) is 6.44. The molecule has 0 heterocycles. The van der Waals surface area contributed by atoms with Crippen LogP contribution in [0, 0.1) is 0 Å². The molecule has 0 aliphatic heterocycles. The SMILES string of the molecule is CCNCC(C)S(=O)(=O)NC1CC(OC)C1. The van der Waals surface area contributed by atoms with Gasteiger partial charge in [-0.15, -0.1) is 0 Å². The molecule has 0 saturated heterocycles. The largest absolute Gasteiger partial charge is 0.381 e. The zero-order valence-corrected chi connectivity index (χ0v) is 11.0. The summed E-state index contributed by atoms with van der Waals surface area (Å²) in [5.74, 6) is 0. The molecule has 0 spiro atoms. The maximum atomic E-state index is 11.8. The van der Waals surface area contributed by atoms with Crippen molar-refractivity contribution in [2.45, 2.75) is 44.1 Å². The first-order chi connectivity index (χ1) is 7.49. The molecule has 6 heteroatoms. The summed E-state index contributed by atoms with van der Waals surface area (Å²) >= 11 is 0. The van der Waals surface area contributed by atoms with Crippen molar-refractivity contribution in [3.63, 3.8) is 0 Å². The van der Waals surface area contributed by atoms with Gasteiger partial charge in [0.25, 0.3) is 0 Å². The zero-order chi connectivity index (χ0) is 12.2. The first kappa shape index (κ1) is 13.9. The summed E-state index contributed by atoms with van der Waals surface area (Å²) in [7, 11) is -1.54. The minimum absolute atomic E-state index is 0.0547. The van der Waals surface area contributed by atoms with E-state index in [0.29, 0.717) is 6.54 Å². The predicted molar refractivity (Wildman–Crippen MR) is 63.9 cm³/mol. The van der Waals surface area contributed by atoms with Gasteiger partial charge in [-0.1, -0.05) is 6.92 Å². The number of hydrogen-bond donors (Lipinski definition) is 2. The molecule has 0 aromatic rings. The van der Waals surface area contributed by atoms with Crippen molar-refractivity contribution < 1.29 is 13.2 Å². The maximum Gasteiger partial charge on any atom is 0.215 e. The van der Waals surface area contributed by atoms with Gasteiger partial charge in [-0.05, 0) is 26.3 Å². The van der Waals surface area contributed by atoms with Gasteiger partial charge in [0.2, 0.25) is 10.0 Å². The Bertz CT molecular complexity index is 299. The Morgan fingerprint density at radius 3 is 2.56 bits per heavy atom. The van der Waals surface area contributed by atoms with Gasteiger partial charge in [0.15, 0.2) is 0 Å². The summed E-state index contributed by atoms with van der Waals surface area (Å²) in [6, 6.07) is 0.0547. The fourth-order valence-corrected chi connectivity index (χ4v) is 2.89. The molecule has 1 atom stereocenters. The Kier molecular flexibility index (Phi) is 5.17. The highest BCUT2D eigenvalue weighted by Crippen LogP contribution is 2.23. The fraction of sp³-hybridized carbons (Fsp3) is 1.00. The van der Waals surface area contributed by atoms with E-state index in [1.165, 1.54) is 0 Å². The second-order valence-electron chi connectivity index (χ2n) is 4.31. The summed E-state index contributed by atoms with van der Waals surface area (Å²) < 4.78 is 31.5. The van der Waals surface area contributed by atoms with Crippen molar-refractivity contribution in [2.75, 3.05) is 20.2 Å². The van der Waals surface area contributed by atoms with E-state index in [4.69, 9.17) is 4.74 Å².